The van der Waals surface area contributed by atoms with Gasteiger partial charge < -0.3 is 15.5 Å². The number of carbonyl (C=O) groups excluding carboxylic acids is 1. The molecule has 5 nitrogen and oxygen atoms in total. The highest BCUT2D eigenvalue weighted by Gasteiger charge is 2.59. The monoisotopic (exact) mass is 347 g/mol. The molecule has 0 radical (unpaired) electrons. The van der Waals surface area contributed by atoms with Gasteiger partial charge in [0.25, 0.3) is 0 Å². The topological polar surface area (TPSA) is 86.6 Å². The van der Waals surface area contributed by atoms with E-state index in [9.17, 15) is 19.8 Å². The van der Waals surface area contributed by atoms with Gasteiger partial charge in [-0.1, -0.05) is 32.9 Å². The molecule has 25 heavy (non-hydrogen) atoms. The largest absolute Gasteiger partial charge is 0.478 e. The number of carbonyl (C=O) groups is 2. The fraction of sp³-hybridized carbons (Fsp3) is 0.700. The van der Waals surface area contributed by atoms with Gasteiger partial charge in [-0.3, -0.25) is 4.79 Å². The predicted molar refractivity (Wildman–Crippen MR) is 94.8 cm³/mol. The zero-order valence-corrected chi connectivity index (χ0v) is 15.3. The van der Waals surface area contributed by atoms with Crippen LogP contribution in [0.25, 0.3) is 0 Å². The highest BCUT2D eigenvalue weighted by molar-refractivity contribution is 5.95. The van der Waals surface area contributed by atoms with E-state index < -0.39 is 17.5 Å². The lowest BCUT2D eigenvalue weighted by Crippen LogP contribution is -2.57. The minimum absolute atomic E-state index is 0.0182. The molecule has 2 aliphatic carbocycles. The van der Waals surface area contributed by atoms with Crippen LogP contribution in [0.1, 0.15) is 52.9 Å². The van der Waals surface area contributed by atoms with Gasteiger partial charge in [0.05, 0.1) is 6.10 Å². The lowest BCUT2D eigenvalue weighted by atomic mass is 9.45. The van der Waals surface area contributed by atoms with Crippen molar-refractivity contribution in [3.05, 3.63) is 23.3 Å². The van der Waals surface area contributed by atoms with Crippen LogP contribution in [0, 0.1) is 22.7 Å². The molecule has 0 aromatic heterocycles. The van der Waals surface area contributed by atoms with E-state index in [2.05, 4.69) is 19.2 Å². The number of fused-ring (bicyclic) bond motifs is 1. The van der Waals surface area contributed by atoms with E-state index >= 15 is 0 Å². The zero-order valence-electron chi connectivity index (χ0n) is 15.3. The van der Waals surface area contributed by atoms with Gasteiger partial charge in [-0.05, 0) is 49.4 Å². The third-order valence-electron chi connectivity index (χ3n) is 7.37. The number of aliphatic hydroxyl groups is 1. The van der Waals surface area contributed by atoms with Gasteiger partial charge in [0.2, 0.25) is 5.91 Å². The number of allylic oxidation sites excluding steroid dienone is 1. The Labute approximate surface area is 149 Å². The van der Waals surface area contributed by atoms with Crippen LogP contribution in [0.2, 0.25) is 0 Å². The summed E-state index contributed by atoms with van der Waals surface area (Å²) in [5.74, 6) is -0.524. The molecule has 3 N–H and O–H groups in total. The Morgan fingerprint density at radius 1 is 1.36 bits per heavy atom. The number of hydrogen-bond acceptors (Lipinski definition) is 3. The van der Waals surface area contributed by atoms with Gasteiger partial charge in [0.1, 0.15) is 0 Å². The standard InChI is InChI=1S/C20H29NO4/c1-12-11-16(22)20(3)14(18(24)25)5-4-6-15(20)19(12,2)9-7-13-8-10-21-17(13)23/h5,8,12,15-16,22H,4,6-7,9-11H2,1-3H3,(H,21,23)(H,24,25)/t12-,15+,16-,19-,20-/m0/s1. The van der Waals surface area contributed by atoms with Crippen LogP contribution < -0.4 is 5.32 Å². The van der Waals surface area contributed by atoms with Crippen molar-refractivity contribution in [1.82, 2.24) is 5.32 Å². The second-order valence-electron chi connectivity index (χ2n) is 8.43. The van der Waals surface area contributed by atoms with Crippen LogP contribution >= 0.6 is 0 Å². The van der Waals surface area contributed by atoms with E-state index in [-0.39, 0.29) is 23.2 Å². The number of aliphatic carboxylic acids is 1. The zero-order chi connectivity index (χ0) is 18.4. The molecule has 1 aliphatic heterocycles. The third kappa shape index (κ3) is 2.73. The van der Waals surface area contributed by atoms with Crippen LogP contribution in [0.15, 0.2) is 23.3 Å². The molecule has 5 heteroatoms. The lowest BCUT2D eigenvalue weighted by Gasteiger charge is -2.59. The smallest absolute Gasteiger partial charge is 0.331 e. The first-order valence-corrected chi connectivity index (χ1v) is 9.30. The maximum Gasteiger partial charge on any atom is 0.331 e. The second kappa shape index (κ2) is 6.27. The Morgan fingerprint density at radius 2 is 2.08 bits per heavy atom. The van der Waals surface area contributed by atoms with Crippen LogP contribution in [0.5, 0.6) is 0 Å². The first-order chi connectivity index (χ1) is 11.7. The molecule has 0 unspecified atom stereocenters. The third-order valence-corrected chi connectivity index (χ3v) is 7.37. The molecule has 3 aliphatic rings. The number of nitrogens with one attached hydrogen (secondary N) is 1. The predicted octanol–water partition coefficient (Wildman–Crippen LogP) is 2.66. The summed E-state index contributed by atoms with van der Waals surface area (Å²) < 4.78 is 0. The van der Waals surface area contributed by atoms with Gasteiger partial charge in [0, 0.05) is 23.1 Å². The quantitative estimate of drug-likeness (QED) is 0.730. The van der Waals surface area contributed by atoms with Crippen molar-refractivity contribution < 1.29 is 19.8 Å². The van der Waals surface area contributed by atoms with Crippen molar-refractivity contribution in [1.29, 1.82) is 0 Å². The number of aliphatic hydroxyl groups excluding tert-OH is 1. The number of carboxylic acids is 1. The molecular formula is C20H29NO4. The van der Waals surface area contributed by atoms with E-state index in [1.165, 1.54) is 0 Å². The average molecular weight is 347 g/mol. The molecule has 0 aromatic rings. The summed E-state index contributed by atoms with van der Waals surface area (Å²) in [7, 11) is 0. The molecule has 0 aromatic carbocycles. The Hall–Kier alpha value is -1.62. The summed E-state index contributed by atoms with van der Waals surface area (Å²) in [6.07, 6.45) is 6.88. The van der Waals surface area contributed by atoms with E-state index in [0.29, 0.717) is 25.0 Å². The van der Waals surface area contributed by atoms with Crippen molar-refractivity contribution in [2.75, 3.05) is 6.54 Å². The Bertz CT molecular complexity index is 652. The maximum atomic E-state index is 11.9. The van der Waals surface area contributed by atoms with E-state index in [0.717, 1.165) is 24.8 Å². The van der Waals surface area contributed by atoms with Gasteiger partial charge in [-0.2, -0.15) is 0 Å². The first-order valence-electron chi connectivity index (χ1n) is 9.30. The summed E-state index contributed by atoms with van der Waals surface area (Å²) in [6.45, 7) is 6.91. The minimum atomic E-state index is -0.916. The van der Waals surface area contributed by atoms with Crippen molar-refractivity contribution in [3.63, 3.8) is 0 Å². The number of amides is 1. The number of carboxylic acid groups (broad SMARTS) is 1. The fourth-order valence-corrected chi connectivity index (χ4v) is 5.55. The van der Waals surface area contributed by atoms with Crippen LogP contribution in [0.4, 0.5) is 0 Å². The van der Waals surface area contributed by atoms with Crippen molar-refractivity contribution >= 4 is 11.9 Å². The van der Waals surface area contributed by atoms with E-state index in [4.69, 9.17) is 0 Å². The summed E-state index contributed by atoms with van der Waals surface area (Å²) in [5, 5.41) is 23.3. The normalized spacial score (nSPS) is 40.8. The van der Waals surface area contributed by atoms with Crippen LogP contribution in [-0.4, -0.2) is 34.7 Å². The van der Waals surface area contributed by atoms with Crippen molar-refractivity contribution in [2.24, 2.45) is 22.7 Å². The molecule has 0 bridgehead atoms. The number of hydrogen-bond donors (Lipinski definition) is 3. The summed E-state index contributed by atoms with van der Waals surface area (Å²) in [6, 6.07) is 0. The van der Waals surface area contributed by atoms with Crippen molar-refractivity contribution in [3.8, 4) is 0 Å². The molecule has 0 spiro atoms. The SMILES string of the molecule is C[C@H]1C[C@H](O)[C@@]2(C)C(C(=O)O)=CCC[C@@H]2[C@@]1(C)CCC1=CCNC1=O. The summed E-state index contributed by atoms with van der Waals surface area (Å²) in [5.41, 5.74) is 0.378. The van der Waals surface area contributed by atoms with E-state index in [1.54, 1.807) is 6.08 Å². The van der Waals surface area contributed by atoms with Gasteiger partial charge >= 0.3 is 5.97 Å². The Morgan fingerprint density at radius 3 is 2.68 bits per heavy atom. The number of rotatable bonds is 4. The maximum absolute atomic E-state index is 11.9. The Balaban J connectivity index is 1.92. The molecule has 5 atom stereocenters. The van der Waals surface area contributed by atoms with Crippen molar-refractivity contribution in [2.45, 2.75) is 59.0 Å². The highest BCUT2D eigenvalue weighted by Crippen LogP contribution is 2.62. The molecule has 0 saturated heterocycles. The van der Waals surface area contributed by atoms with Gasteiger partial charge in [-0.25, -0.2) is 4.79 Å². The van der Waals surface area contributed by atoms with Crippen LogP contribution in [0.3, 0.4) is 0 Å². The fourth-order valence-electron chi connectivity index (χ4n) is 5.55. The molecule has 1 saturated carbocycles. The van der Waals surface area contributed by atoms with Crippen LogP contribution in [-0.2, 0) is 9.59 Å². The molecule has 1 heterocycles. The molecular weight excluding hydrogens is 318 g/mol. The van der Waals surface area contributed by atoms with Gasteiger partial charge in [0.15, 0.2) is 0 Å². The summed E-state index contributed by atoms with van der Waals surface area (Å²) in [4.78, 5) is 23.7. The molecule has 3 rings (SSSR count). The average Bonchev–Trinajstić information content (AvgIpc) is 2.96. The highest BCUT2D eigenvalue weighted by atomic mass is 16.4. The molecule has 138 valence electrons. The second-order valence-corrected chi connectivity index (χ2v) is 8.43. The van der Waals surface area contributed by atoms with E-state index in [1.807, 2.05) is 13.0 Å². The summed E-state index contributed by atoms with van der Waals surface area (Å²) >= 11 is 0. The lowest BCUT2D eigenvalue weighted by molar-refractivity contribution is -0.148. The molecule has 1 fully saturated rings. The minimum Gasteiger partial charge on any atom is -0.478 e. The first kappa shape index (κ1) is 18.2. The van der Waals surface area contributed by atoms with Gasteiger partial charge in [-0.15, -0.1) is 0 Å². The Kier molecular flexibility index (Phi) is 4.56. The molecule has 1 amide bonds.